The summed E-state index contributed by atoms with van der Waals surface area (Å²) in [6, 6.07) is 13.1. The first-order valence-corrected chi connectivity index (χ1v) is 6.77. The van der Waals surface area contributed by atoms with Gasteiger partial charge in [0.2, 0.25) is 0 Å². The Morgan fingerprint density at radius 2 is 1.65 bits per heavy atom. The Hall–Kier alpha value is -2.89. The van der Waals surface area contributed by atoms with Gasteiger partial charge in [-0.25, -0.2) is 0 Å². The average Bonchev–Trinajstić information content (AvgIpc) is 2.54. The highest BCUT2D eigenvalue weighted by Crippen LogP contribution is 2.30. The van der Waals surface area contributed by atoms with Crippen LogP contribution in [-0.2, 0) is 6.18 Å². The summed E-state index contributed by atoms with van der Waals surface area (Å²) in [5.74, 6) is -0.422. The number of fused-ring (bicyclic) bond motifs is 1. The molecule has 3 aromatic rings. The van der Waals surface area contributed by atoms with Crippen LogP contribution in [0, 0.1) is 0 Å². The second-order valence-electron chi connectivity index (χ2n) is 4.91. The van der Waals surface area contributed by atoms with E-state index in [0.29, 0.717) is 11.1 Å². The molecule has 0 aliphatic carbocycles. The molecule has 0 atom stereocenters. The van der Waals surface area contributed by atoms with Crippen molar-refractivity contribution in [1.82, 2.24) is 4.98 Å². The third-order valence-corrected chi connectivity index (χ3v) is 3.35. The zero-order valence-electron chi connectivity index (χ0n) is 11.8. The molecule has 23 heavy (non-hydrogen) atoms. The number of carbonyl (C=O) groups is 1. The van der Waals surface area contributed by atoms with Crippen LogP contribution in [0.5, 0.6) is 0 Å². The number of amides is 1. The molecule has 0 aliphatic heterocycles. The molecule has 0 fully saturated rings. The first kappa shape index (κ1) is 15.0. The van der Waals surface area contributed by atoms with Gasteiger partial charge >= 0.3 is 6.18 Å². The van der Waals surface area contributed by atoms with Crippen LogP contribution in [0.25, 0.3) is 10.9 Å². The van der Waals surface area contributed by atoms with Crippen LogP contribution < -0.4 is 5.32 Å². The number of para-hydroxylation sites is 1. The Bertz CT molecular complexity index is 852. The van der Waals surface area contributed by atoms with E-state index in [9.17, 15) is 18.0 Å². The number of anilines is 1. The molecular weight excluding hydrogens is 305 g/mol. The summed E-state index contributed by atoms with van der Waals surface area (Å²) in [4.78, 5) is 16.5. The molecule has 0 spiro atoms. The van der Waals surface area contributed by atoms with Gasteiger partial charge in [-0.1, -0.05) is 18.2 Å². The van der Waals surface area contributed by atoms with Gasteiger partial charge in [0.25, 0.3) is 5.91 Å². The fraction of sp³-hybridized carbons (Fsp3) is 0.0588. The molecule has 1 N–H and O–H groups in total. The van der Waals surface area contributed by atoms with Crippen molar-refractivity contribution in [2.45, 2.75) is 6.18 Å². The second kappa shape index (κ2) is 5.72. The van der Waals surface area contributed by atoms with Crippen LogP contribution >= 0.6 is 0 Å². The van der Waals surface area contributed by atoms with Gasteiger partial charge in [-0.2, -0.15) is 13.2 Å². The van der Waals surface area contributed by atoms with E-state index >= 15 is 0 Å². The highest BCUT2D eigenvalue weighted by Gasteiger charge is 2.30. The predicted molar refractivity (Wildman–Crippen MR) is 81.1 cm³/mol. The lowest BCUT2D eigenvalue weighted by molar-refractivity contribution is -0.137. The Balaban J connectivity index is 1.86. The lowest BCUT2D eigenvalue weighted by atomic mass is 10.1. The molecule has 6 heteroatoms. The number of pyridine rings is 1. The van der Waals surface area contributed by atoms with Crippen LogP contribution in [0.4, 0.5) is 18.9 Å². The monoisotopic (exact) mass is 316 g/mol. The van der Waals surface area contributed by atoms with E-state index in [2.05, 4.69) is 10.3 Å². The summed E-state index contributed by atoms with van der Waals surface area (Å²) in [6.45, 7) is 0. The third kappa shape index (κ3) is 3.15. The van der Waals surface area contributed by atoms with E-state index in [1.54, 1.807) is 24.4 Å². The summed E-state index contributed by atoms with van der Waals surface area (Å²) in [6.07, 6.45) is -2.82. The largest absolute Gasteiger partial charge is 0.416 e. The average molecular weight is 316 g/mol. The summed E-state index contributed by atoms with van der Waals surface area (Å²) >= 11 is 0. The van der Waals surface area contributed by atoms with Crippen LogP contribution in [0.3, 0.4) is 0 Å². The molecule has 1 aromatic heterocycles. The van der Waals surface area contributed by atoms with Crippen molar-refractivity contribution in [2.24, 2.45) is 0 Å². The zero-order valence-corrected chi connectivity index (χ0v) is 11.8. The number of aromatic nitrogens is 1. The van der Waals surface area contributed by atoms with Crippen molar-refractivity contribution in [1.29, 1.82) is 0 Å². The fourth-order valence-electron chi connectivity index (χ4n) is 2.23. The molecule has 0 radical (unpaired) electrons. The molecule has 0 bridgehead atoms. The number of carbonyl (C=O) groups excluding carboxylic acids is 1. The maximum atomic E-state index is 12.5. The minimum Gasteiger partial charge on any atom is -0.322 e. The number of hydrogen-bond donors (Lipinski definition) is 1. The highest BCUT2D eigenvalue weighted by molar-refractivity contribution is 6.11. The maximum absolute atomic E-state index is 12.5. The SMILES string of the molecule is O=C(Nc1ccc(C(F)(F)F)cc1)c1cccc2cccnc12. The summed E-state index contributed by atoms with van der Waals surface area (Å²) in [7, 11) is 0. The minimum atomic E-state index is -4.40. The van der Waals surface area contributed by atoms with Crippen molar-refractivity contribution in [3.05, 3.63) is 71.9 Å². The predicted octanol–water partition coefficient (Wildman–Crippen LogP) is 4.51. The summed E-state index contributed by atoms with van der Waals surface area (Å²) in [5.41, 5.74) is 0.431. The van der Waals surface area contributed by atoms with Crippen LogP contribution in [0.2, 0.25) is 0 Å². The summed E-state index contributed by atoms with van der Waals surface area (Å²) in [5, 5.41) is 3.40. The molecule has 1 amide bonds. The molecule has 1 heterocycles. The van der Waals surface area contributed by atoms with Crippen LogP contribution in [-0.4, -0.2) is 10.9 Å². The molecular formula is C17H11F3N2O. The number of rotatable bonds is 2. The number of benzene rings is 2. The normalized spacial score (nSPS) is 11.4. The number of alkyl halides is 3. The standard InChI is InChI=1S/C17H11F3N2O/c18-17(19,20)12-6-8-13(9-7-12)22-16(23)14-5-1-3-11-4-2-10-21-15(11)14/h1-10H,(H,22,23). The maximum Gasteiger partial charge on any atom is 0.416 e. The number of halogens is 3. The van der Waals surface area contributed by atoms with E-state index in [4.69, 9.17) is 0 Å². The van der Waals surface area contributed by atoms with Crippen molar-refractivity contribution < 1.29 is 18.0 Å². The molecule has 0 saturated carbocycles. The van der Waals surface area contributed by atoms with E-state index < -0.39 is 17.6 Å². The van der Waals surface area contributed by atoms with Crippen molar-refractivity contribution >= 4 is 22.5 Å². The van der Waals surface area contributed by atoms with Gasteiger partial charge in [0, 0.05) is 17.3 Å². The van der Waals surface area contributed by atoms with Crippen LogP contribution in [0.1, 0.15) is 15.9 Å². The smallest absolute Gasteiger partial charge is 0.322 e. The van der Waals surface area contributed by atoms with Crippen molar-refractivity contribution in [2.75, 3.05) is 5.32 Å². The summed E-state index contributed by atoms with van der Waals surface area (Å²) < 4.78 is 37.6. The topological polar surface area (TPSA) is 42.0 Å². The first-order valence-electron chi connectivity index (χ1n) is 6.77. The zero-order chi connectivity index (χ0) is 16.4. The third-order valence-electron chi connectivity index (χ3n) is 3.35. The van der Waals surface area contributed by atoms with Gasteiger partial charge in [0.05, 0.1) is 16.6 Å². The Morgan fingerprint density at radius 3 is 2.35 bits per heavy atom. The number of nitrogens with one attached hydrogen (secondary N) is 1. The highest BCUT2D eigenvalue weighted by atomic mass is 19.4. The van der Waals surface area contributed by atoms with Crippen LogP contribution in [0.15, 0.2) is 60.8 Å². The van der Waals surface area contributed by atoms with Gasteiger partial charge in [0.15, 0.2) is 0 Å². The van der Waals surface area contributed by atoms with Gasteiger partial charge < -0.3 is 5.32 Å². The van der Waals surface area contributed by atoms with Gasteiger partial charge in [0.1, 0.15) is 0 Å². The molecule has 3 rings (SSSR count). The van der Waals surface area contributed by atoms with Gasteiger partial charge in [-0.15, -0.1) is 0 Å². The molecule has 3 nitrogen and oxygen atoms in total. The Morgan fingerprint density at radius 1 is 0.957 bits per heavy atom. The van der Waals surface area contributed by atoms with E-state index in [-0.39, 0.29) is 5.69 Å². The molecule has 0 unspecified atom stereocenters. The molecule has 116 valence electrons. The number of hydrogen-bond acceptors (Lipinski definition) is 2. The molecule has 0 aliphatic rings. The van der Waals surface area contributed by atoms with E-state index in [0.717, 1.165) is 17.5 Å². The van der Waals surface area contributed by atoms with Gasteiger partial charge in [-0.3, -0.25) is 9.78 Å². The Labute approximate surface area is 129 Å². The minimum absolute atomic E-state index is 0.288. The lowest BCUT2D eigenvalue weighted by Gasteiger charge is -2.09. The van der Waals surface area contributed by atoms with Crippen molar-refractivity contribution in [3.63, 3.8) is 0 Å². The first-order chi connectivity index (χ1) is 10.9. The molecule has 0 saturated heterocycles. The van der Waals surface area contributed by atoms with Gasteiger partial charge in [-0.05, 0) is 36.4 Å². The number of nitrogens with zero attached hydrogens (tertiary/aromatic N) is 1. The van der Waals surface area contributed by atoms with E-state index in [1.807, 2.05) is 12.1 Å². The molecule has 2 aromatic carbocycles. The Kier molecular flexibility index (Phi) is 3.73. The van der Waals surface area contributed by atoms with E-state index in [1.165, 1.54) is 12.1 Å². The quantitative estimate of drug-likeness (QED) is 0.756. The second-order valence-corrected chi connectivity index (χ2v) is 4.91. The lowest BCUT2D eigenvalue weighted by Crippen LogP contribution is -2.13. The fourth-order valence-corrected chi connectivity index (χ4v) is 2.23. The van der Waals surface area contributed by atoms with Crippen molar-refractivity contribution in [3.8, 4) is 0 Å².